The first-order valence-corrected chi connectivity index (χ1v) is 7.20. The molecule has 0 unspecified atom stereocenters. The van der Waals surface area contributed by atoms with E-state index in [1.165, 1.54) is 18.2 Å². The Kier molecular flexibility index (Phi) is 5.91. The number of nitro groups is 1. The van der Waals surface area contributed by atoms with E-state index in [0.29, 0.717) is 19.4 Å². The summed E-state index contributed by atoms with van der Waals surface area (Å²) in [6.07, 6.45) is 1.06. The molecular weight excluding hydrogens is 286 g/mol. The van der Waals surface area contributed by atoms with Crippen LogP contribution >= 0.6 is 0 Å². The fourth-order valence-corrected chi connectivity index (χ4v) is 2.52. The fourth-order valence-electron chi connectivity index (χ4n) is 1.41. The number of benzene rings is 1. The number of sulfonamides is 1. The molecule has 1 N–H and O–H groups in total. The van der Waals surface area contributed by atoms with Gasteiger partial charge in [0.2, 0.25) is 10.0 Å². The highest BCUT2D eigenvalue weighted by Gasteiger charge is 2.16. The second-order valence-electron chi connectivity index (χ2n) is 3.81. The number of unbranched alkanes of at least 4 members (excludes halogenated alkanes) is 1. The minimum atomic E-state index is -3.77. The van der Waals surface area contributed by atoms with E-state index in [1.54, 1.807) is 0 Å². The Balaban J connectivity index is 2.62. The molecule has 0 saturated carbocycles. The van der Waals surface area contributed by atoms with E-state index in [4.69, 9.17) is 5.53 Å². The summed E-state index contributed by atoms with van der Waals surface area (Å²) in [5.74, 6) is 0. The Labute approximate surface area is 115 Å². The van der Waals surface area contributed by atoms with Gasteiger partial charge < -0.3 is 0 Å². The molecule has 0 aliphatic rings. The average molecular weight is 299 g/mol. The number of hydrogen-bond acceptors (Lipinski definition) is 5. The lowest BCUT2D eigenvalue weighted by Crippen LogP contribution is -2.24. The van der Waals surface area contributed by atoms with Crippen molar-refractivity contribution >= 4 is 15.7 Å². The lowest BCUT2D eigenvalue weighted by molar-refractivity contribution is -0.385. The predicted octanol–water partition coefficient (Wildman–Crippen LogP) is 1.96. The lowest BCUT2D eigenvalue weighted by atomic mass is 10.3. The first-order chi connectivity index (χ1) is 9.47. The number of rotatable bonds is 8. The van der Waals surface area contributed by atoms with Crippen molar-refractivity contribution < 1.29 is 13.3 Å². The molecule has 0 aromatic heterocycles. The van der Waals surface area contributed by atoms with Gasteiger partial charge in [0.05, 0.1) is 9.82 Å². The Morgan fingerprint density at radius 3 is 2.80 bits per heavy atom. The van der Waals surface area contributed by atoms with Crippen molar-refractivity contribution in [2.45, 2.75) is 17.7 Å². The van der Waals surface area contributed by atoms with Crippen molar-refractivity contribution in [1.82, 2.24) is 4.72 Å². The molecule has 0 aliphatic heterocycles. The van der Waals surface area contributed by atoms with E-state index < -0.39 is 14.9 Å². The van der Waals surface area contributed by atoms with Gasteiger partial charge >= 0.3 is 0 Å². The molecule has 1 rings (SSSR count). The quantitative estimate of drug-likeness (QED) is 0.196. The van der Waals surface area contributed by atoms with Gasteiger partial charge in [0.25, 0.3) is 5.69 Å². The van der Waals surface area contributed by atoms with Crippen molar-refractivity contribution in [3.8, 4) is 0 Å². The monoisotopic (exact) mass is 299 g/mol. The van der Waals surface area contributed by atoms with Crippen LogP contribution < -0.4 is 4.72 Å². The van der Waals surface area contributed by atoms with Gasteiger partial charge in [-0.05, 0) is 24.4 Å². The summed E-state index contributed by atoms with van der Waals surface area (Å²) in [5, 5.41) is 13.9. The summed E-state index contributed by atoms with van der Waals surface area (Å²) in [6.45, 7) is 0.473. The van der Waals surface area contributed by atoms with Crippen LogP contribution in [0.25, 0.3) is 10.4 Å². The number of nitrogens with zero attached hydrogens (tertiary/aromatic N) is 4. The van der Waals surface area contributed by atoms with Gasteiger partial charge in [0.1, 0.15) is 0 Å². The van der Waals surface area contributed by atoms with Crippen LogP contribution in [-0.4, -0.2) is 26.4 Å². The minimum absolute atomic E-state index is 0.151. The molecule has 1 aromatic rings. The second-order valence-corrected chi connectivity index (χ2v) is 5.58. The molecule has 0 spiro atoms. The Hall–Kier alpha value is -2.16. The van der Waals surface area contributed by atoms with Crippen LogP contribution in [0.1, 0.15) is 12.8 Å². The van der Waals surface area contributed by atoms with Gasteiger partial charge in [-0.2, -0.15) is 0 Å². The summed E-state index contributed by atoms with van der Waals surface area (Å²) in [6, 6.07) is 4.82. The van der Waals surface area contributed by atoms with E-state index in [-0.39, 0.29) is 17.1 Å². The maximum Gasteiger partial charge on any atom is 0.270 e. The van der Waals surface area contributed by atoms with Gasteiger partial charge in [-0.3, -0.25) is 10.1 Å². The highest BCUT2D eigenvalue weighted by Crippen LogP contribution is 2.16. The van der Waals surface area contributed by atoms with Gasteiger partial charge in [0.15, 0.2) is 0 Å². The van der Waals surface area contributed by atoms with Crippen molar-refractivity contribution in [3.63, 3.8) is 0 Å². The molecule has 1 aromatic carbocycles. The predicted molar refractivity (Wildman–Crippen MR) is 71.5 cm³/mol. The molecule has 0 heterocycles. The van der Waals surface area contributed by atoms with E-state index >= 15 is 0 Å². The molecule has 0 bridgehead atoms. The largest absolute Gasteiger partial charge is 0.270 e. The van der Waals surface area contributed by atoms with Crippen molar-refractivity contribution in [3.05, 3.63) is 44.8 Å². The Morgan fingerprint density at radius 1 is 1.40 bits per heavy atom. The topological polar surface area (TPSA) is 138 Å². The Bertz CT molecular complexity index is 624. The number of nitrogens with one attached hydrogen (secondary N) is 1. The molecule has 0 amide bonds. The van der Waals surface area contributed by atoms with E-state index in [1.807, 2.05) is 0 Å². The number of nitro benzene ring substituents is 1. The van der Waals surface area contributed by atoms with Crippen LogP contribution in [0.5, 0.6) is 0 Å². The molecule has 0 aliphatic carbocycles. The molecule has 0 fully saturated rings. The summed E-state index contributed by atoms with van der Waals surface area (Å²) in [4.78, 5) is 12.4. The number of azide groups is 1. The SMILES string of the molecule is [N-]=[N+]=NCCCCNS(=O)(=O)c1cccc([N+](=O)[O-])c1. The zero-order valence-electron chi connectivity index (χ0n) is 10.5. The summed E-state index contributed by atoms with van der Waals surface area (Å²) in [7, 11) is -3.77. The maximum absolute atomic E-state index is 11.9. The van der Waals surface area contributed by atoms with Crippen LogP contribution in [0.3, 0.4) is 0 Å². The highest BCUT2D eigenvalue weighted by molar-refractivity contribution is 7.89. The lowest BCUT2D eigenvalue weighted by Gasteiger charge is -2.06. The van der Waals surface area contributed by atoms with Crippen LogP contribution in [0.4, 0.5) is 5.69 Å². The molecule has 108 valence electrons. The van der Waals surface area contributed by atoms with Crippen LogP contribution in [-0.2, 0) is 10.0 Å². The average Bonchev–Trinajstić information content (AvgIpc) is 2.43. The first-order valence-electron chi connectivity index (χ1n) is 5.72. The molecule has 9 nitrogen and oxygen atoms in total. The number of non-ortho nitro benzene ring substituents is 1. The second kappa shape index (κ2) is 7.43. The normalized spacial score (nSPS) is 10.8. The van der Waals surface area contributed by atoms with Crippen LogP contribution in [0, 0.1) is 10.1 Å². The smallest absolute Gasteiger partial charge is 0.258 e. The Morgan fingerprint density at radius 2 is 2.15 bits per heavy atom. The standard InChI is InChI=1S/C10H13N5O4S/c11-14-12-6-1-2-7-13-20(18,19)10-5-3-4-9(8-10)15(16)17/h3-5,8,13H,1-2,6-7H2. The van der Waals surface area contributed by atoms with Gasteiger partial charge in [-0.15, -0.1) is 0 Å². The maximum atomic E-state index is 11.9. The third-order valence-electron chi connectivity index (χ3n) is 2.38. The third-order valence-corrected chi connectivity index (χ3v) is 3.84. The van der Waals surface area contributed by atoms with E-state index in [9.17, 15) is 18.5 Å². The van der Waals surface area contributed by atoms with Crippen molar-refractivity contribution in [2.24, 2.45) is 5.11 Å². The molecule has 0 atom stereocenters. The van der Waals surface area contributed by atoms with Crippen molar-refractivity contribution in [1.29, 1.82) is 0 Å². The number of hydrogen-bond donors (Lipinski definition) is 1. The summed E-state index contributed by atoms with van der Waals surface area (Å²) < 4.78 is 26.1. The first kappa shape index (κ1) is 15.9. The fraction of sp³-hybridized carbons (Fsp3) is 0.400. The third kappa shape index (κ3) is 4.84. The van der Waals surface area contributed by atoms with E-state index in [0.717, 1.165) is 6.07 Å². The zero-order valence-corrected chi connectivity index (χ0v) is 11.3. The summed E-state index contributed by atoms with van der Waals surface area (Å²) in [5.41, 5.74) is 7.78. The molecule has 0 radical (unpaired) electrons. The van der Waals surface area contributed by atoms with Gasteiger partial charge in [-0.1, -0.05) is 11.2 Å². The molecule has 0 saturated heterocycles. The molecule has 10 heteroatoms. The van der Waals surface area contributed by atoms with Crippen molar-refractivity contribution in [2.75, 3.05) is 13.1 Å². The summed E-state index contributed by atoms with van der Waals surface area (Å²) >= 11 is 0. The van der Waals surface area contributed by atoms with E-state index in [2.05, 4.69) is 14.7 Å². The molecule has 20 heavy (non-hydrogen) atoms. The highest BCUT2D eigenvalue weighted by atomic mass is 32.2. The van der Waals surface area contributed by atoms with Gasteiger partial charge in [0, 0.05) is 30.1 Å². The molecular formula is C10H13N5O4S. The van der Waals surface area contributed by atoms with Crippen LogP contribution in [0.15, 0.2) is 34.3 Å². The minimum Gasteiger partial charge on any atom is -0.258 e. The zero-order chi connectivity index (χ0) is 15.0. The van der Waals surface area contributed by atoms with Crippen LogP contribution in [0.2, 0.25) is 0 Å². The van der Waals surface area contributed by atoms with Gasteiger partial charge in [-0.25, -0.2) is 13.1 Å².